The highest BCUT2D eigenvalue weighted by molar-refractivity contribution is 7.80. The fraction of sp³-hybridized carbons (Fsp3) is 0.130. The van der Waals surface area contributed by atoms with Crippen molar-refractivity contribution in [2.75, 3.05) is 0 Å². The molecule has 0 spiro atoms. The Morgan fingerprint density at radius 2 is 1.77 bits per heavy atom. The first-order valence-corrected chi connectivity index (χ1v) is 10.2. The van der Waals surface area contributed by atoms with E-state index in [0.29, 0.717) is 11.7 Å². The fourth-order valence-electron chi connectivity index (χ4n) is 3.93. The molecule has 1 aliphatic heterocycles. The van der Waals surface area contributed by atoms with Crippen molar-refractivity contribution >= 4 is 17.3 Å². The summed E-state index contributed by atoms with van der Waals surface area (Å²) in [5.74, 6) is 0.872. The molecule has 4 aromatic rings. The quantitative estimate of drug-likeness (QED) is 0.503. The van der Waals surface area contributed by atoms with Crippen LogP contribution < -0.4 is 5.32 Å². The summed E-state index contributed by atoms with van der Waals surface area (Å²) in [7, 11) is 0. The van der Waals surface area contributed by atoms with Crippen molar-refractivity contribution in [2.24, 2.45) is 0 Å². The molecule has 6 nitrogen and oxygen atoms in total. The number of aromatic nitrogens is 4. The molecule has 1 aliphatic rings. The maximum atomic E-state index is 5.77. The minimum absolute atomic E-state index is 0.0513. The first-order valence-electron chi connectivity index (χ1n) is 9.77. The second-order valence-corrected chi connectivity index (χ2v) is 7.49. The van der Waals surface area contributed by atoms with E-state index in [4.69, 9.17) is 12.2 Å². The highest BCUT2D eigenvalue weighted by Crippen LogP contribution is 2.40. The highest BCUT2D eigenvalue weighted by Gasteiger charge is 2.41. The van der Waals surface area contributed by atoms with Crippen molar-refractivity contribution in [1.82, 2.24) is 29.7 Å². The molecule has 5 rings (SSSR count). The molecule has 7 heteroatoms. The molecule has 5 heterocycles. The van der Waals surface area contributed by atoms with Crippen LogP contribution in [0.2, 0.25) is 0 Å². The van der Waals surface area contributed by atoms with E-state index < -0.39 is 0 Å². The van der Waals surface area contributed by atoms with Crippen molar-refractivity contribution in [3.05, 3.63) is 109 Å². The lowest BCUT2D eigenvalue weighted by Gasteiger charge is -2.28. The summed E-state index contributed by atoms with van der Waals surface area (Å²) in [5, 5.41) is 4.20. The predicted molar refractivity (Wildman–Crippen MR) is 119 cm³/mol. The Morgan fingerprint density at radius 1 is 0.900 bits per heavy atom. The van der Waals surface area contributed by atoms with E-state index in [9.17, 15) is 0 Å². The number of hydrogen-bond acceptors (Lipinski definition) is 4. The van der Waals surface area contributed by atoms with Crippen molar-refractivity contribution in [3.63, 3.8) is 0 Å². The van der Waals surface area contributed by atoms with Crippen LogP contribution in [-0.4, -0.2) is 29.5 Å². The molecule has 0 saturated carbocycles. The van der Waals surface area contributed by atoms with Gasteiger partial charge in [0, 0.05) is 43.2 Å². The van der Waals surface area contributed by atoms with Crippen LogP contribution in [0.4, 0.5) is 0 Å². The first kappa shape index (κ1) is 18.4. The number of nitrogens with zero attached hydrogens (tertiary/aromatic N) is 5. The van der Waals surface area contributed by atoms with Gasteiger partial charge in [0.1, 0.15) is 5.82 Å². The zero-order valence-electron chi connectivity index (χ0n) is 16.2. The standard InChI is InChI=1S/C23H20N6S/c30-23-27-21(18-8-1-3-12-25-18)22(29(23)16-17-7-5-11-24-15-17)19-9-6-14-28(19)20-10-2-4-13-26-20/h1-15,21-22H,16H2,(H,27,30). The molecule has 0 radical (unpaired) electrons. The molecule has 0 aromatic carbocycles. The average Bonchev–Trinajstić information content (AvgIpc) is 3.40. The maximum absolute atomic E-state index is 5.77. The highest BCUT2D eigenvalue weighted by atomic mass is 32.1. The lowest BCUT2D eigenvalue weighted by atomic mass is 10.0. The third-order valence-corrected chi connectivity index (χ3v) is 5.61. The van der Waals surface area contributed by atoms with E-state index in [1.807, 2.05) is 67.1 Å². The Kier molecular flexibility index (Phi) is 4.94. The van der Waals surface area contributed by atoms with Crippen molar-refractivity contribution in [3.8, 4) is 5.82 Å². The van der Waals surface area contributed by atoms with Gasteiger partial charge in [-0.05, 0) is 60.2 Å². The second kappa shape index (κ2) is 8.04. The summed E-state index contributed by atoms with van der Waals surface area (Å²) in [6.07, 6.45) is 9.33. The van der Waals surface area contributed by atoms with E-state index >= 15 is 0 Å². The summed E-state index contributed by atoms with van der Waals surface area (Å²) in [6, 6.07) is 19.9. The average molecular weight is 413 g/mol. The molecule has 1 fully saturated rings. The van der Waals surface area contributed by atoms with Gasteiger partial charge in [-0.15, -0.1) is 0 Å². The SMILES string of the molecule is S=C1NC(c2ccccn2)C(c2cccn2-c2ccccn2)N1Cc1cccnc1. The summed E-state index contributed by atoms with van der Waals surface area (Å²) in [5.41, 5.74) is 3.15. The Hall–Kier alpha value is -3.58. The molecule has 30 heavy (non-hydrogen) atoms. The lowest BCUT2D eigenvalue weighted by Crippen LogP contribution is -2.30. The van der Waals surface area contributed by atoms with Gasteiger partial charge in [-0.3, -0.25) is 9.97 Å². The van der Waals surface area contributed by atoms with Crippen molar-refractivity contribution < 1.29 is 0 Å². The summed E-state index contributed by atoms with van der Waals surface area (Å²) >= 11 is 5.77. The first-order chi connectivity index (χ1) is 14.8. The summed E-state index contributed by atoms with van der Waals surface area (Å²) in [4.78, 5) is 15.6. The minimum atomic E-state index is -0.0762. The molecular formula is C23H20N6S. The minimum Gasteiger partial charge on any atom is -0.352 e. The fourth-order valence-corrected chi connectivity index (χ4v) is 4.23. The zero-order valence-corrected chi connectivity index (χ0v) is 17.0. The van der Waals surface area contributed by atoms with Gasteiger partial charge in [0.05, 0.1) is 17.8 Å². The Labute approximate surface area is 180 Å². The third-order valence-electron chi connectivity index (χ3n) is 5.25. The number of thiocarbonyl (C=S) groups is 1. The van der Waals surface area contributed by atoms with Crippen LogP contribution in [0.1, 0.15) is 29.0 Å². The Morgan fingerprint density at radius 3 is 2.50 bits per heavy atom. The molecule has 2 atom stereocenters. The van der Waals surface area contributed by atoms with Crippen LogP contribution in [0.3, 0.4) is 0 Å². The number of hydrogen-bond donors (Lipinski definition) is 1. The van der Waals surface area contributed by atoms with E-state index in [2.05, 4.69) is 41.9 Å². The number of rotatable bonds is 5. The predicted octanol–water partition coefficient (Wildman–Crippen LogP) is 3.84. The van der Waals surface area contributed by atoms with Crippen LogP contribution in [-0.2, 0) is 6.54 Å². The van der Waals surface area contributed by atoms with Gasteiger partial charge >= 0.3 is 0 Å². The van der Waals surface area contributed by atoms with Gasteiger partial charge < -0.3 is 14.8 Å². The number of nitrogens with one attached hydrogen (secondary N) is 1. The third kappa shape index (κ3) is 3.44. The largest absolute Gasteiger partial charge is 0.352 e. The number of pyridine rings is 3. The molecule has 0 bridgehead atoms. The van der Waals surface area contributed by atoms with Gasteiger partial charge in [-0.2, -0.15) is 0 Å². The molecule has 0 amide bonds. The van der Waals surface area contributed by atoms with Crippen LogP contribution in [0.25, 0.3) is 5.82 Å². The van der Waals surface area contributed by atoms with E-state index in [-0.39, 0.29) is 12.1 Å². The zero-order chi connectivity index (χ0) is 20.3. The van der Waals surface area contributed by atoms with E-state index in [1.165, 1.54) is 0 Å². The normalized spacial score (nSPS) is 18.4. The molecule has 2 unspecified atom stereocenters. The summed E-state index contributed by atoms with van der Waals surface area (Å²) in [6.45, 7) is 0.654. The van der Waals surface area contributed by atoms with Crippen LogP contribution >= 0.6 is 12.2 Å². The Balaban J connectivity index is 1.60. The van der Waals surface area contributed by atoms with Gasteiger partial charge in [0.25, 0.3) is 0 Å². The smallest absolute Gasteiger partial charge is 0.170 e. The van der Waals surface area contributed by atoms with Crippen molar-refractivity contribution in [1.29, 1.82) is 0 Å². The maximum Gasteiger partial charge on any atom is 0.170 e. The van der Waals surface area contributed by atoms with Gasteiger partial charge in [-0.1, -0.05) is 18.2 Å². The lowest BCUT2D eigenvalue weighted by molar-refractivity contribution is 0.302. The van der Waals surface area contributed by atoms with Crippen LogP contribution in [0.5, 0.6) is 0 Å². The van der Waals surface area contributed by atoms with Crippen molar-refractivity contribution in [2.45, 2.75) is 18.6 Å². The monoisotopic (exact) mass is 412 g/mol. The van der Waals surface area contributed by atoms with Gasteiger partial charge in [-0.25, -0.2) is 4.98 Å². The molecule has 4 aromatic heterocycles. The van der Waals surface area contributed by atoms with E-state index in [1.54, 1.807) is 12.4 Å². The molecular weight excluding hydrogens is 392 g/mol. The van der Waals surface area contributed by atoms with Gasteiger partial charge in [0.2, 0.25) is 0 Å². The topological polar surface area (TPSA) is 58.9 Å². The van der Waals surface area contributed by atoms with Crippen LogP contribution in [0, 0.1) is 0 Å². The second-order valence-electron chi connectivity index (χ2n) is 7.11. The molecule has 148 valence electrons. The molecule has 0 aliphatic carbocycles. The molecule has 1 N–H and O–H groups in total. The Bertz CT molecular complexity index is 1130. The molecule has 1 saturated heterocycles. The van der Waals surface area contributed by atoms with Gasteiger partial charge in [0.15, 0.2) is 5.11 Å². The van der Waals surface area contributed by atoms with Crippen LogP contribution in [0.15, 0.2) is 91.6 Å². The summed E-state index contributed by atoms with van der Waals surface area (Å²) < 4.78 is 2.12. The van der Waals surface area contributed by atoms with E-state index in [0.717, 1.165) is 22.8 Å².